The first-order valence-electron chi connectivity index (χ1n) is 9.14. The van der Waals surface area contributed by atoms with Crippen LogP contribution in [0, 0.1) is 0 Å². The molecule has 1 atom stereocenters. The van der Waals surface area contributed by atoms with E-state index in [-0.39, 0.29) is 12.0 Å². The molecule has 0 fully saturated rings. The predicted octanol–water partition coefficient (Wildman–Crippen LogP) is 3.49. The molecule has 1 unspecified atom stereocenters. The van der Waals surface area contributed by atoms with Crippen molar-refractivity contribution in [2.75, 3.05) is 18.2 Å². The van der Waals surface area contributed by atoms with Crippen molar-refractivity contribution in [2.24, 2.45) is 0 Å². The number of ether oxygens (including phenoxy) is 1. The molecule has 3 aromatic rings. The number of aliphatic hydroxyl groups excluding tert-OH is 1. The number of nitrogens with two attached hydrogens (primary N) is 1. The van der Waals surface area contributed by atoms with Gasteiger partial charge in [0.25, 0.3) is 0 Å². The van der Waals surface area contributed by atoms with Crippen molar-refractivity contribution in [3.63, 3.8) is 0 Å². The highest BCUT2D eigenvalue weighted by molar-refractivity contribution is 7.99. The van der Waals surface area contributed by atoms with Crippen molar-refractivity contribution in [1.29, 1.82) is 0 Å². The maximum Gasteiger partial charge on any atom is 0.209 e. The van der Waals surface area contributed by atoms with Crippen LogP contribution in [0.1, 0.15) is 26.6 Å². The Kier molecular flexibility index (Phi) is 6.26. The van der Waals surface area contributed by atoms with Gasteiger partial charge in [-0.05, 0) is 23.3 Å². The third kappa shape index (κ3) is 5.05. The fourth-order valence-electron chi connectivity index (χ4n) is 2.67. The number of hydrogen-bond acceptors (Lipinski definition) is 6. The molecule has 148 valence electrons. The Morgan fingerprint density at radius 2 is 1.68 bits per heavy atom. The van der Waals surface area contributed by atoms with Gasteiger partial charge in [0.15, 0.2) is 5.82 Å². The van der Waals surface area contributed by atoms with E-state index in [1.807, 2.05) is 63.2 Å². The Morgan fingerprint density at radius 1 is 1.04 bits per heavy atom. The normalized spacial score (nSPS) is 12.7. The summed E-state index contributed by atoms with van der Waals surface area (Å²) in [5.74, 6) is 7.91. The molecule has 3 rings (SSSR count). The van der Waals surface area contributed by atoms with Gasteiger partial charge in [0, 0.05) is 11.2 Å². The minimum absolute atomic E-state index is 0.186. The van der Waals surface area contributed by atoms with E-state index >= 15 is 0 Å². The van der Waals surface area contributed by atoms with Crippen molar-refractivity contribution < 1.29 is 9.84 Å². The van der Waals surface area contributed by atoms with E-state index in [1.54, 1.807) is 0 Å². The zero-order valence-corrected chi connectivity index (χ0v) is 17.2. The zero-order chi connectivity index (χ0) is 20.1. The van der Waals surface area contributed by atoms with E-state index in [1.165, 1.54) is 16.4 Å². The predicted molar refractivity (Wildman–Crippen MR) is 113 cm³/mol. The Morgan fingerprint density at radius 3 is 2.29 bits per heavy atom. The second-order valence-electron chi connectivity index (χ2n) is 7.59. The minimum Gasteiger partial charge on any atom is -0.491 e. The summed E-state index contributed by atoms with van der Waals surface area (Å²) in [4.78, 5) is 0. The molecular weight excluding hydrogens is 372 g/mol. The van der Waals surface area contributed by atoms with Gasteiger partial charge in [-0.2, -0.15) is 0 Å². The monoisotopic (exact) mass is 398 g/mol. The third-order valence-electron chi connectivity index (χ3n) is 4.14. The molecule has 0 aliphatic heterocycles. The molecule has 1 heterocycles. The maximum absolute atomic E-state index is 10.2. The van der Waals surface area contributed by atoms with Gasteiger partial charge in [-0.1, -0.05) is 75.0 Å². The van der Waals surface area contributed by atoms with Crippen molar-refractivity contribution in [3.05, 3.63) is 60.4 Å². The van der Waals surface area contributed by atoms with E-state index in [2.05, 4.69) is 22.3 Å². The molecular formula is C21H26N4O2S. The number of nitrogen functional groups attached to an aromatic ring is 1. The number of benzene rings is 2. The van der Waals surface area contributed by atoms with Gasteiger partial charge in [0.1, 0.15) is 12.4 Å². The fraction of sp³-hybridized carbons (Fsp3) is 0.333. The second kappa shape index (κ2) is 8.67. The van der Waals surface area contributed by atoms with E-state index in [9.17, 15) is 5.11 Å². The van der Waals surface area contributed by atoms with Crippen LogP contribution in [0.15, 0.2) is 59.8 Å². The van der Waals surface area contributed by atoms with Gasteiger partial charge in [-0.15, -0.1) is 10.2 Å². The minimum atomic E-state index is -0.645. The van der Waals surface area contributed by atoms with Crippen LogP contribution in [0.2, 0.25) is 0 Å². The van der Waals surface area contributed by atoms with Gasteiger partial charge in [0.2, 0.25) is 5.16 Å². The SMILES string of the molecule is CC(C)(C)c1nnc(SCC(O)COc2ccc(-c3ccccc3)cc2)n1N. The molecule has 28 heavy (non-hydrogen) atoms. The highest BCUT2D eigenvalue weighted by Gasteiger charge is 2.23. The summed E-state index contributed by atoms with van der Waals surface area (Å²) >= 11 is 1.36. The first-order chi connectivity index (χ1) is 13.3. The Balaban J connectivity index is 1.50. The van der Waals surface area contributed by atoms with Gasteiger partial charge in [-0.3, -0.25) is 0 Å². The average molecular weight is 399 g/mol. The number of aromatic nitrogens is 3. The summed E-state index contributed by atoms with van der Waals surface area (Å²) in [5.41, 5.74) is 2.10. The number of nitrogens with zero attached hydrogens (tertiary/aromatic N) is 3. The van der Waals surface area contributed by atoms with Crippen LogP contribution >= 0.6 is 11.8 Å². The van der Waals surface area contributed by atoms with Gasteiger partial charge in [-0.25, -0.2) is 4.68 Å². The maximum atomic E-state index is 10.2. The fourth-order valence-corrected chi connectivity index (χ4v) is 3.43. The van der Waals surface area contributed by atoms with Crippen LogP contribution in [-0.2, 0) is 5.41 Å². The van der Waals surface area contributed by atoms with Crippen LogP contribution in [0.25, 0.3) is 11.1 Å². The highest BCUT2D eigenvalue weighted by atomic mass is 32.2. The smallest absolute Gasteiger partial charge is 0.209 e. The first-order valence-corrected chi connectivity index (χ1v) is 10.1. The van der Waals surface area contributed by atoms with Crippen LogP contribution in [0.5, 0.6) is 5.75 Å². The average Bonchev–Trinajstić information content (AvgIpc) is 3.06. The van der Waals surface area contributed by atoms with Crippen molar-refractivity contribution >= 4 is 11.8 Å². The van der Waals surface area contributed by atoms with Crippen LogP contribution in [0.3, 0.4) is 0 Å². The summed E-state index contributed by atoms with van der Waals surface area (Å²) in [5, 5.41) is 19.1. The van der Waals surface area contributed by atoms with Crippen LogP contribution < -0.4 is 10.6 Å². The zero-order valence-electron chi connectivity index (χ0n) is 16.4. The largest absolute Gasteiger partial charge is 0.491 e. The standard InChI is InChI=1S/C21H26N4O2S/c1-21(2,3)19-23-24-20(25(19)22)28-14-17(26)13-27-18-11-9-16(10-12-18)15-7-5-4-6-8-15/h4-12,17,26H,13-14,22H2,1-3H3. The Bertz CT molecular complexity index is 889. The topological polar surface area (TPSA) is 86.2 Å². The number of hydrogen-bond donors (Lipinski definition) is 2. The summed E-state index contributed by atoms with van der Waals surface area (Å²) in [6.07, 6.45) is -0.645. The number of thioether (sulfide) groups is 1. The molecule has 0 saturated heterocycles. The van der Waals surface area contributed by atoms with Gasteiger partial charge >= 0.3 is 0 Å². The molecule has 3 N–H and O–H groups in total. The molecule has 0 aliphatic carbocycles. The lowest BCUT2D eigenvalue weighted by molar-refractivity contribution is 0.126. The summed E-state index contributed by atoms with van der Waals surface area (Å²) < 4.78 is 7.19. The van der Waals surface area contributed by atoms with Crippen LogP contribution in [-0.4, -0.2) is 38.4 Å². The molecule has 1 aromatic heterocycles. The van der Waals surface area contributed by atoms with Gasteiger partial charge in [0.05, 0.1) is 6.10 Å². The molecule has 0 amide bonds. The molecule has 0 aliphatic rings. The summed E-state index contributed by atoms with van der Waals surface area (Å²) in [6, 6.07) is 18.0. The number of aliphatic hydroxyl groups is 1. The van der Waals surface area contributed by atoms with Gasteiger partial charge < -0.3 is 15.7 Å². The Labute approximate surface area is 169 Å². The van der Waals surface area contributed by atoms with E-state index in [0.717, 1.165) is 16.9 Å². The molecule has 0 spiro atoms. The second-order valence-corrected chi connectivity index (χ2v) is 8.58. The van der Waals surface area contributed by atoms with E-state index < -0.39 is 6.10 Å². The third-order valence-corrected chi connectivity index (χ3v) is 5.23. The number of rotatable bonds is 7. The molecule has 6 nitrogen and oxygen atoms in total. The first kappa shape index (κ1) is 20.2. The lowest BCUT2D eigenvalue weighted by Gasteiger charge is -2.16. The van der Waals surface area contributed by atoms with E-state index in [0.29, 0.717) is 16.7 Å². The molecule has 0 bridgehead atoms. The highest BCUT2D eigenvalue weighted by Crippen LogP contribution is 2.24. The molecule has 2 aromatic carbocycles. The van der Waals surface area contributed by atoms with E-state index in [4.69, 9.17) is 10.6 Å². The van der Waals surface area contributed by atoms with Crippen molar-refractivity contribution in [1.82, 2.24) is 14.9 Å². The molecule has 0 saturated carbocycles. The summed E-state index contributed by atoms with van der Waals surface area (Å²) in [6.45, 7) is 6.28. The Hall–Kier alpha value is -2.51. The lowest BCUT2D eigenvalue weighted by Crippen LogP contribution is -2.25. The summed E-state index contributed by atoms with van der Waals surface area (Å²) in [7, 11) is 0. The van der Waals surface area contributed by atoms with Crippen molar-refractivity contribution in [2.45, 2.75) is 37.4 Å². The van der Waals surface area contributed by atoms with Crippen molar-refractivity contribution in [3.8, 4) is 16.9 Å². The molecule has 0 radical (unpaired) electrons. The lowest BCUT2D eigenvalue weighted by atomic mass is 9.96. The van der Waals surface area contributed by atoms with Crippen LogP contribution in [0.4, 0.5) is 0 Å². The molecule has 7 heteroatoms. The quantitative estimate of drug-likeness (QED) is 0.468.